The van der Waals surface area contributed by atoms with Crippen LogP contribution in [0.25, 0.3) is 11.0 Å². The smallest absolute Gasteiger partial charge is 0.315 e. The molecular formula is C21H26N4O. The Kier molecular flexibility index (Phi) is 5.89. The van der Waals surface area contributed by atoms with Crippen LogP contribution in [0.5, 0.6) is 0 Å². The first kappa shape index (κ1) is 18.0. The van der Waals surface area contributed by atoms with Crippen molar-refractivity contribution in [3.05, 3.63) is 66.0 Å². The summed E-state index contributed by atoms with van der Waals surface area (Å²) in [7, 11) is 0. The lowest BCUT2D eigenvalue weighted by Gasteiger charge is -2.19. The minimum Gasteiger partial charge on any atom is -0.331 e. The molecule has 0 aliphatic heterocycles. The second kappa shape index (κ2) is 8.52. The maximum atomic E-state index is 12.4. The Morgan fingerprint density at radius 3 is 2.54 bits per heavy atom. The van der Waals surface area contributed by atoms with Gasteiger partial charge in [-0.1, -0.05) is 55.8 Å². The molecule has 1 heterocycles. The van der Waals surface area contributed by atoms with Gasteiger partial charge in [0.05, 0.1) is 23.6 Å². The zero-order valence-corrected chi connectivity index (χ0v) is 15.4. The van der Waals surface area contributed by atoms with Gasteiger partial charge in [0.1, 0.15) is 5.82 Å². The Morgan fingerprint density at radius 2 is 1.81 bits per heavy atom. The molecule has 1 unspecified atom stereocenters. The summed E-state index contributed by atoms with van der Waals surface area (Å²) in [5.41, 5.74) is 3.19. The number of imidazole rings is 1. The fourth-order valence-electron chi connectivity index (χ4n) is 3.28. The molecule has 2 amide bonds. The number of hydrogen-bond acceptors (Lipinski definition) is 2. The molecule has 2 N–H and O–H groups in total. The SMILES string of the molecule is CCCC(NC(=O)NCc1nc2ccccc2n1CC)c1ccccc1. The molecule has 3 aromatic rings. The van der Waals surface area contributed by atoms with Crippen molar-refractivity contribution in [1.29, 1.82) is 0 Å². The Balaban J connectivity index is 1.66. The van der Waals surface area contributed by atoms with Crippen LogP contribution in [0, 0.1) is 0 Å². The highest BCUT2D eigenvalue weighted by atomic mass is 16.2. The molecule has 0 spiro atoms. The second-order valence-corrected chi connectivity index (χ2v) is 6.34. The lowest BCUT2D eigenvalue weighted by Crippen LogP contribution is -2.38. The lowest BCUT2D eigenvalue weighted by atomic mass is 10.0. The molecule has 136 valence electrons. The Bertz CT molecular complexity index is 857. The number of para-hydroxylation sites is 2. The number of rotatable bonds is 7. The number of urea groups is 1. The number of nitrogens with one attached hydrogen (secondary N) is 2. The van der Waals surface area contributed by atoms with E-state index in [0.29, 0.717) is 6.54 Å². The highest BCUT2D eigenvalue weighted by Gasteiger charge is 2.15. The van der Waals surface area contributed by atoms with Crippen LogP contribution >= 0.6 is 0 Å². The average molecular weight is 350 g/mol. The van der Waals surface area contributed by atoms with Crippen LogP contribution in [0.3, 0.4) is 0 Å². The van der Waals surface area contributed by atoms with Crippen LogP contribution in [0.4, 0.5) is 4.79 Å². The molecule has 0 bridgehead atoms. The fraction of sp³-hybridized carbons (Fsp3) is 0.333. The highest BCUT2D eigenvalue weighted by Crippen LogP contribution is 2.18. The molecule has 0 aliphatic rings. The van der Waals surface area contributed by atoms with Crippen molar-refractivity contribution in [2.45, 2.75) is 45.8 Å². The van der Waals surface area contributed by atoms with Gasteiger partial charge < -0.3 is 15.2 Å². The molecule has 1 aromatic heterocycles. The predicted molar refractivity (Wildman–Crippen MR) is 105 cm³/mol. The minimum atomic E-state index is -0.165. The van der Waals surface area contributed by atoms with Gasteiger partial charge in [0.15, 0.2) is 0 Å². The highest BCUT2D eigenvalue weighted by molar-refractivity contribution is 5.77. The molecule has 5 heteroatoms. The van der Waals surface area contributed by atoms with E-state index in [4.69, 9.17) is 0 Å². The predicted octanol–water partition coefficient (Wildman–Crippen LogP) is 4.40. The van der Waals surface area contributed by atoms with Crippen molar-refractivity contribution in [1.82, 2.24) is 20.2 Å². The first-order valence-electron chi connectivity index (χ1n) is 9.26. The van der Waals surface area contributed by atoms with Crippen molar-refractivity contribution in [3.63, 3.8) is 0 Å². The van der Waals surface area contributed by atoms with Gasteiger partial charge in [-0.15, -0.1) is 0 Å². The van der Waals surface area contributed by atoms with Gasteiger partial charge in [-0.2, -0.15) is 0 Å². The largest absolute Gasteiger partial charge is 0.331 e. The maximum Gasteiger partial charge on any atom is 0.315 e. The first-order chi connectivity index (χ1) is 12.7. The number of aromatic nitrogens is 2. The van der Waals surface area contributed by atoms with Crippen LogP contribution in [0.15, 0.2) is 54.6 Å². The molecule has 0 aliphatic carbocycles. The summed E-state index contributed by atoms with van der Waals surface area (Å²) < 4.78 is 2.14. The number of hydrogen-bond donors (Lipinski definition) is 2. The summed E-state index contributed by atoms with van der Waals surface area (Å²) in [5, 5.41) is 6.05. The van der Waals surface area contributed by atoms with Gasteiger partial charge in [0, 0.05) is 6.54 Å². The van der Waals surface area contributed by atoms with Crippen LogP contribution in [0.1, 0.15) is 44.1 Å². The van der Waals surface area contributed by atoms with E-state index in [9.17, 15) is 4.79 Å². The molecule has 0 fully saturated rings. The van der Waals surface area contributed by atoms with Gasteiger partial charge in [-0.05, 0) is 31.0 Å². The van der Waals surface area contributed by atoms with Gasteiger partial charge in [-0.3, -0.25) is 0 Å². The second-order valence-electron chi connectivity index (χ2n) is 6.34. The standard InChI is InChI=1S/C21H26N4O/c1-3-10-17(16-11-6-5-7-12-16)24-21(26)22-15-20-23-18-13-8-9-14-19(18)25(20)4-2/h5-9,11-14,17H,3-4,10,15H2,1-2H3,(H2,22,24,26). The molecule has 3 rings (SSSR count). The van der Waals surface area contributed by atoms with Crippen molar-refractivity contribution in [3.8, 4) is 0 Å². The molecule has 26 heavy (non-hydrogen) atoms. The third kappa shape index (κ3) is 4.04. The molecule has 0 saturated heterocycles. The van der Waals surface area contributed by atoms with E-state index in [-0.39, 0.29) is 12.1 Å². The van der Waals surface area contributed by atoms with Crippen LogP contribution < -0.4 is 10.6 Å². The Hall–Kier alpha value is -2.82. The number of carbonyl (C=O) groups excluding carboxylic acids is 1. The number of carbonyl (C=O) groups is 1. The van der Waals surface area contributed by atoms with E-state index >= 15 is 0 Å². The van der Waals surface area contributed by atoms with Gasteiger partial charge in [0.25, 0.3) is 0 Å². The normalized spacial score (nSPS) is 12.1. The number of amides is 2. The zero-order valence-electron chi connectivity index (χ0n) is 15.4. The van der Waals surface area contributed by atoms with E-state index < -0.39 is 0 Å². The number of aryl methyl sites for hydroxylation is 1. The Morgan fingerprint density at radius 1 is 1.08 bits per heavy atom. The van der Waals surface area contributed by atoms with Crippen LogP contribution in [0.2, 0.25) is 0 Å². The Labute approximate surface area is 154 Å². The van der Waals surface area contributed by atoms with Crippen molar-refractivity contribution in [2.75, 3.05) is 0 Å². The van der Waals surface area contributed by atoms with Crippen molar-refractivity contribution >= 4 is 17.1 Å². The minimum absolute atomic E-state index is 0.0196. The summed E-state index contributed by atoms with van der Waals surface area (Å²) in [6.07, 6.45) is 1.91. The molecule has 1 atom stereocenters. The topological polar surface area (TPSA) is 59.0 Å². The fourth-order valence-corrected chi connectivity index (χ4v) is 3.28. The number of fused-ring (bicyclic) bond motifs is 1. The van der Waals surface area contributed by atoms with E-state index in [1.807, 2.05) is 36.4 Å². The van der Waals surface area contributed by atoms with Gasteiger partial charge >= 0.3 is 6.03 Å². The zero-order chi connectivity index (χ0) is 18.4. The van der Waals surface area contributed by atoms with E-state index in [1.165, 1.54) is 0 Å². The summed E-state index contributed by atoms with van der Waals surface area (Å²) >= 11 is 0. The number of benzene rings is 2. The third-order valence-corrected chi connectivity index (χ3v) is 4.54. The summed E-state index contributed by atoms with van der Waals surface area (Å²) in [5.74, 6) is 0.871. The average Bonchev–Trinajstić information content (AvgIpc) is 3.04. The van der Waals surface area contributed by atoms with E-state index in [1.54, 1.807) is 0 Å². The van der Waals surface area contributed by atoms with Gasteiger partial charge in [0.2, 0.25) is 0 Å². The molecular weight excluding hydrogens is 324 g/mol. The summed E-state index contributed by atoms with van der Waals surface area (Å²) in [6.45, 7) is 5.44. The molecule has 0 saturated carbocycles. The lowest BCUT2D eigenvalue weighted by molar-refractivity contribution is 0.235. The number of nitrogens with zero attached hydrogens (tertiary/aromatic N) is 2. The van der Waals surface area contributed by atoms with Crippen LogP contribution in [-0.2, 0) is 13.1 Å². The third-order valence-electron chi connectivity index (χ3n) is 4.54. The quantitative estimate of drug-likeness (QED) is 0.663. The maximum absolute atomic E-state index is 12.4. The summed E-state index contributed by atoms with van der Waals surface area (Å²) in [4.78, 5) is 17.1. The molecule has 0 radical (unpaired) electrons. The van der Waals surface area contributed by atoms with Crippen LogP contribution in [-0.4, -0.2) is 15.6 Å². The first-order valence-corrected chi connectivity index (χ1v) is 9.26. The van der Waals surface area contributed by atoms with E-state index in [0.717, 1.165) is 41.8 Å². The molecule has 2 aromatic carbocycles. The van der Waals surface area contributed by atoms with Gasteiger partial charge in [-0.25, -0.2) is 9.78 Å². The summed E-state index contributed by atoms with van der Waals surface area (Å²) in [6, 6.07) is 18.0. The van der Waals surface area contributed by atoms with E-state index in [2.05, 4.69) is 52.2 Å². The monoisotopic (exact) mass is 350 g/mol. The van der Waals surface area contributed by atoms with Crippen molar-refractivity contribution < 1.29 is 4.79 Å². The van der Waals surface area contributed by atoms with Crippen molar-refractivity contribution in [2.24, 2.45) is 0 Å². The molecule has 5 nitrogen and oxygen atoms in total.